The van der Waals surface area contributed by atoms with E-state index >= 15 is 0 Å². The molecule has 0 aromatic heterocycles. The van der Waals surface area contributed by atoms with Gasteiger partial charge < -0.3 is 25.5 Å². The fourth-order valence-corrected chi connectivity index (χ4v) is 2.76. The Labute approximate surface area is 134 Å². The van der Waals surface area contributed by atoms with E-state index in [9.17, 15) is 35.1 Å². The molecule has 4 atom stereocenters. The van der Waals surface area contributed by atoms with Crippen LogP contribution in [0.1, 0.15) is 34.6 Å². The lowest BCUT2D eigenvalue weighted by atomic mass is 9.75. The number of aliphatic hydroxyl groups is 5. The fraction of sp³-hybridized carbons (Fsp3) is 0.625. The number of carbonyl (C=O) groups is 2. The van der Waals surface area contributed by atoms with Crippen molar-refractivity contribution in [2.75, 3.05) is 0 Å². The summed E-state index contributed by atoms with van der Waals surface area (Å²) in [5, 5.41) is 51.5. The van der Waals surface area contributed by atoms with Crippen LogP contribution >= 0.6 is 0 Å². The number of Topliss-reactive ketones (excluding diaryl/α,β-unsaturated/α-hetero) is 2. The molecular weight excluding hydrogens is 304 g/mol. The van der Waals surface area contributed by atoms with Crippen LogP contribution in [0.4, 0.5) is 0 Å². The molecule has 23 heavy (non-hydrogen) atoms. The predicted octanol–water partition coefficient (Wildman–Crippen LogP) is -0.224. The predicted molar refractivity (Wildman–Crippen MR) is 81.5 cm³/mol. The molecule has 0 amide bonds. The number of carbonyl (C=O) groups excluding carboxylic acids is 2. The summed E-state index contributed by atoms with van der Waals surface area (Å²) < 4.78 is 0. The van der Waals surface area contributed by atoms with Crippen molar-refractivity contribution in [1.82, 2.24) is 0 Å². The molecule has 7 nitrogen and oxygen atoms in total. The molecule has 0 bridgehead atoms. The van der Waals surface area contributed by atoms with Gasteiger partial charge in [-0.2, -0.15) is 0 Å². The van der Waals surface area contributed by atoms with Gasteiger partial charge in [-0.15, -0.1) is 0 Å². The smallest absolute Gasteiger partial charge is 0.195 e. The first-order chi connectivity index (χ1) is 10.2. The van der Waals surface area contributed by atoms with Crippen molar-refractivity contribution >= 4 is 11.6 Å². The van der Waals surface area contributed by atoms with Crippen molar-refractivity contribution in [2.24, 2.45) is 5.41 Å². The van der Waals surface area contributed by atoms with Crippen LogP contribution in [0.25, 0.3) is 0 Å². The normalized spacial score (nSPS) is 27.6. The number of aliphatic hydroxyl groups excluding tert-OH is 3. The zero-order valence-corrected chi connectivity index (χ0v) is 13.9. The van der Waals surface area contributed by atoms with E-state index in [1.165, 1.54) is 34.6 Å². The third-order valence-electron chi connectivity index (χ3n) is 4.54. The van der Waals surface area contributed by atoms with Crippen LogP contribution in [0.3, 0.4) is 0 Å². The van der Waals surface area contributed by atoms with Gasteiger partial charge in [-0.05, 0) is 45.8 Å². The second kappa shape index (κ2) is 5.52. The van der Waals surface area contributed by atoms with Crippen LogP contribution in [0.2, 0.25) is 0 Å². The highest BCUT2D eigenvalue weighted by molar-refractivity contribution is 6.19. The van der Waals surface area contributed by atoms with Gasteiger partial charge in [0, 0.05) is 0 Å². The van der Waals surface area contributed by atoms with Crippen molar-refractivity contribution in [3.8, 4) is 0 Å². The Morgan fingerprint density at radius 1 is 1.22 bits per heavy atom. The molecule has 0 heterocycles. The molecule has 0 spiro atoms. The highest BCUT2D eigenvalue weighted by Gasteiger charge is 2.84. The molecule has 1 fully saturated rings. The monoisotopic (exact) mass is 328 g/mol. The number of hydrogen-bond acceptors (Lipinski definition) is 7. The summed E-state index contributed by atoms with van der Waals surface area (Å²) in [6.45, 7) is 10.1. The van der Waals surface area contributed by atoms with Crippen LogP contribution in [0.15, 0.2) is 23.5 Å². The Bertz CT molecular complexity index is 600. The van der Waals surface area contributed by atoms with Crippen LogP contribution in [-0.4, -0.2) is 60.5 Å². The number of hydrogen-bond donors (Lipinski definition) is 5. The Balaban J connectivity index is 3.51. The minimum atomic E-state index is -3.04. The lowest BCUT2D eigenvalue weighted by Crippen LogP contribution is -2.65. The molecule has 130 valence electrons. The Hall–Kier alpha value is -1.54. The van der Waals surface area contributed by atoms with Gasteiger partial charge in [0.05, 0.1) is 5.41 Å². The van der Waals surface area contributed by atoms with E-state index in [-0.39, 0.29) is 11.1 Å². The summed E-state index contributed by atoms with van der Waals surface area (Å²) in [4.78, 5) is 24.4. The molecule has 0 aromatic carbocycles. The van der Waals surface area contributed by atoms with Crippen LogP contribution in [0, 0.1) is 5.41 Å². The first kappa shape index (κ1) is 19.5. The summed E-state index contributed by atoms with van der Waals surface area (Å²) in [6, 6.07) is 0. The van der Waals surface area contributed by atoms with E-state index < -0.39 is 46.2 Å². The lowest BCUT2D eigenvalue weighted by Gasteiger charge is -2.38. The second-order valence-corrected chi connectivity index (χ2v) is 6.82. The van der Waals surface area contributed by atoms with Gasteiger partial charge in [-0.25, -0.2) is 0 Å². The topological polar surface area (TPSA) is 135 Å². The molecule has 1 rings (SSSR count). The largest absolute Gasteiger partial charge is 0.510 e. The first-order valence-corrected chi connectivity index (χ1v) is 7.11. The SMILES string of the molecule is C=C(C)C(=O)[C@](O)([C@H](O)[C@H](O)C(O)=C(C)C)[C@@]1(O)C(=O)C1(C)C. The standard InChI is InChI=1S/C16H24O7/c1-7(2)9(17)10(18)12(20)15(22,11(19)8(3)4)16(23)13(21)14(16,5)6/h10,12,17-18,20,22-23H,3H2,1-2,4-6H3/t10-,12-,15+,16-/m1/s1. The Morgan fingerprint density at radius 3 is 1.87 bits per heavy atom. The summed E-state index contributed by atoms with van der Waals surface area (Å²) in [5.74, 6) is -2.71. The molecule has 0 saturated heterocycles. The van der Waals surface area contributed by atoms with E-state index in [1.54, 1.807) is 0 Å². The van der Waals surface area contributed by atoms with E-state index in [0.717, 1.165) is 0 Å². The van der Waals surface area contributed by atoms with Gasteiger partial charge in [0.25, 0.3) is 0 Å². The fourth-order valence-electron chi connectivity index (χ4n) is 2.76. The van der Waals surface area contributed by atoms with Gasteiger partial charge in [-0.1, -0.05) is 6.58 Å². The van der Waals surface area contributed by atoms with Crippen molar-refractivity contribution in [3.05, 3.63) is 23.5 Å². The minimum Gasteiger partial charge on any atom is -0.510 e. The van der Waals surface area contributed by atoms with E-state index in [1.807, 2.05) is 0 Å². The van der Waals surface area contributed by atoms with Crippen molar-refractivity contribution < 1.29 is 35.1 Å². The molecule has 0 aromatic rings. The average molecular weight is 328 g/mol. The zero-order chi connectivity index (χ0) is 18.5. The number of allylic oxidation sites excluding steroid dienone is 1. The highest BCUT2D eigenvalue weighted by atomic mass is 16.4. The van der Waals surface area contributed by atoms with Crippen LogP contribution in [0.5, 0.6) is 0 Å². The molecule has 5 N–H and O–H groups in total. The molecular formula is C16H24O7. The van der Waals surface area contributed by atoms with Gasteiger partial charge in [0.15, 0.2) is 22.8 Å². The summed E-state index contributed by atoms with van der Waals surface area (Å²) in [7, 11) is 0. The number of ketones is 2. The quantitative estimate of drug-likeness (QED) is 0.336. The molecule has 1 aliphatic carbocycles. The molecule has 1 aliphatic rings. The first-order valence-electron chi connectivity index (χ1n) is 7.11. The minimum absolute atomic E-state index is 0.223. The Morgan fingerprint density at radius 2 is 1.61 bits per heavy atom. The van der Waals surface area contributed by atoms with E-state index in [4.69, 9.17) is 0 Å². The zero-order valence-electron chi connectivity index (χ0n) is 13.9. The van der Waals surface area contributed by atoms with Gasteiger partial charge in [-0.3, -0.25) is 9.59 Å². The molecule has 1 saturated carbocycles. The van der Waals surface area contributed by atoms with Gasteiger partial charge in [0.1, 0.15) is 18.0 Å². The van der Waals surface area contributed by atoms with Crippen LogP contribution < -0.4 is 0 Å². The second-order valence-electron chi connectivity index (χ2n) is 6.82. The third-order valence-corrected chi connectivity index (χ3v) is 4.54. The third kappa shape index (κ3) is 2.35. The van der Waals surface area contributed by atoms with Crippen molar-refractivity contribution in [2.45, 2.75) is 58.0 Å². The summed E-state index contributed by atoms with van der Waals surface area (Å²) in [5.41, 5.74) is -7.14. The Kier molecular flexibility index (Phi) is 4.68. The molecule has 0 unspecified atom stereocenters. The maximum atomic E-state index is 12.4. The van der Waals surface area contributed by atoms with Gasteiger partial charge in [0.2, 0.25) is 0 Å². The number of rotatable bonds is 6. The molecule has 7 heteroatoms. The van der Waals surface area contributed by atoms with Crippen molar-refractivity contribution in [3.63, 3.8) is 0 Å². The van der Waals surface area contributed by atoms with Crippen molar-refractivity contribution in [1.29, 1.82) is 0 Å². The van der Waals surface area contributed by atoms with Crippen LogP contribution in [-0.2, 0) is 9.59 Å². The van der Waals surface area contributed by atoms with Gasteiger partial charge >= 0.3 is 0 Å². The maximum absolute atomic E-state index is 12.4. The molecule has 0 radical (unpaired) electrons. The van der Waals surface area contributed by atoms with E-state index in [2.05, 4.69) is 6.58 Å². The summed E-state index contributed by atoms with van der Waals surface area (Å²) >= 11 is 0. The van der Waals surface area contributed by atoms with E-state index in [0.29, 0.717) is 0 Å². The lowest BCUT2D eigenvalue weighted by molar-refractivity contribution is -0.197. The summed E-state index contributed by atoms with van der Waals surface area (Å²) in [6.07, 6.45) is -4.40. The maximum Gasteiger partial charge on any atom is 0.195 e. The highest BCUT2D eigenvalue weighted by Crippen LogP contribution is 2.59. The average Bonchev–Trinajstić information content (AvgIpc) is 2.87. The molecule has 0 aliphatic heterocycles.